The lowest BCUT2D eigenvalue weighted by atomic mass is 9.86. The second-order valence-corrected chi connectivity index (χ2v) is 5.38. The second-order valence-electron chi connectivity index (χ2n) is 4.46. The highest BCUT2D eigenvalue weighted by Gasteiger charge is 2.52. The van der Waals surface area contributed by atoms with Crippen LogP contribution in [0.1, 0.15) is 12.0 Å². The van der Waals surface area contributed by atoms with E-state index in [9.17, 15) is 22.0 Å². The molecule has 1 aromatic rings. The van der Waals surface area contributed by atoms with E-state index in [1.165, 1.54) is 0 Å². The molecule has 2 N–H and O–H groups in total. The lowest BCUT2D eigenvalue weighted by Crippen LogP contribution is -2.48. The first kappa shape index (κ1) is 15.9. The Balaban J connectivity index is 2.54. The molecule has 0 amide bonds. The van der Waals surface area contributed by atoms with Crippen molar-refractivity contribution in [2.75, 3.05) is 6.67 Å². The molecular formula is C11H9BrF5N3O. The van der Waals surface area contributed by atoms with E-state index < -0.39 is 48.4 Å². The predicted octanol–water partition coefficient (Wildman–Crippen LogP) is 2.81. The Bertz CT molecular complexity index is 579. The number of alkyl halides is 4. The van der Waals surface area contributed by atoms with Gasteiger partial charge in [-0.15, -0.1) is 0 Å². The number of hydrogen-bond acceptors (Lipinski definition) is 4. The summed E-state index contributed by atoms with van der Waals surface area (Å²) < 4.78 is 70.4. The van der Waals surface area contributed by atoms with Crippen LogP contribution in [0.3, 0.4) is 0 Å². The minimum absolute atomic E-state index is 0.274. The molecule has 2 unspecified atom stereocenters. The van der Waals surface area contributed by atoms with Gasteiger partial charge in [0.2, 0.25) is 5.95 Å². The van der Waals surface area contributed by atoms with Gasteiger partial charge in [-0.25, -0.2) is 14.4 Å². The first-order valence-electron chi connectivity index (χ1n) is 5.64. The van der Waals surface area contributed by atoms with Crippen LogP contribution in [0, 0.1) is 5.95 Å². The molecule has 10 heteroatoms. The van der Waals surface area contributed by atoms with Crippen molar-refractivity contribution in [3.05, 3.63) is 28.2 Å². The maximum Gasteiger partial charge on any atom is 0.425 e. The number of rotatable bonds is 2. The summed E-state index contributed by atoms with van der Waals surface area (Å²) in [5.41, 5.74) is 2.67. The van der Waals surface area contributed by atoms with Crippen molar-refractivity contribution in [3.63, 3.8) is 0 Å². The number of aromatic nitrogens is 1. The quantitative estimate of drug-likeness (QED) is 0.640. The zero-order valence-corrected chi connectivity index (χ0v) is 11.9. The Kier molecular flexibility index (Phi) is 4.09. The Morgan fingerprint density at radius 2 is 2.14 bits per heavy atom. The van der Waals surface area contributed by atoms with Gasteiger partial charge < -0.3 is 10.5 Å². The largest absolute Gasteiger partial charge is 0.452 e. The molecule has 0 saturated heterocycles. The van der Waals surface area contributed by atoms with E-state index in [-0.39, 0.29) is 4.47 Å². The van der Waals surface area contributed by atoms with Gasteiger partial charge in [0.05, 0.1) is 0 Å². The molecule has 21 heavy (non-hydrogen) atoms. The van der Waals surface area contributed by atoms with Crippen LogP contribution >= 0.6 is 15.9 Å². The average Bonchev–Trinajstić information content (AvgIpc) is 2.39. The standard InChI is InChI=1S/C11H9BrF5N3O/c12-5-1-6(8(14)19-3-5)10(4-13)2-7(11(15,16)17)21-9(18)20-10/h1,3,7H,2,4H2,(H2,18,20). The van der Waals surface area contributed by atoms with Gasteiger partial charge in [-0.2, -0.15) is 17.6 Å². The van der Waals surface area contributed by atoms with E-state index in [2.05, 4.69) is 30.6 Å². The first-order valence-corrected chi connectivity index (χ1v) is 6.43. The Hall–Kier alpha value is -1.45. The molecular weight excluding hydrogens is 365 g/mol. The van der Waals surface area contributed by atoms with Crippen LogP contribution in [-0.2, 0) is 10.3 Å². The summed E-state index contributed by atoms with van der Waals surface area (Å²) >= 11 is 3.00. The molecule has 0 saturated carbocycles. The van der Waals surface area contributed by atoms with Crippen molar-refractivity contribution in [3.8, 4) is 0 Å². The number of nitrogens with two attached hydrogens (primary N) is 1. The SMILES string of the molecule is NC1=NC(CF)(c2cc(Br)cnc2F)CC(C(F)(F)F)O1. The molecule has 0 aliphatic carbocycles. The predicted molar refractivity (Wildman–Crippen MR) is 66.7 cm³/mol. The Morgan fingerprint density at radius 1 is 1.48 bits per heavy atom. The maximum atomic E-state index is 13.8. The number of pyridine rings is 1. The maximum absolute atomic E-state index is 13.8. The van der Waals surface area contributed by atoms with Crippen molar-refractivity contribution in [1.29, 1.82) is 0 Å². The summed E-state index contributed by atoms with van der Waals surface area (Å²) in [4.78, 5) is 6.91. The summed E-state index contributed by atoms with van der Waals surface area (Å²) in [6.45, 7) is -1.38. The van der Waals surface area contributed by atoms with E-state index in [1.54, 1.807) is 0 Å². The van der Waals surface area contributed by atoms with Gasteiger partial charge in [-0.1, -0.05) is 0 Å². The molecule has 4 nitrogen and oxygen atoms in total. The molecule has 2 atom stereocenters. The highest BCUT2D eigenvalue weighted by molar-refractivity contribution is 9.10. The topological polar surface area (TPSA) is 60.5 Å². The number of halogens is 6. The zero-order chi connectivity index (χ0) is 15.8. The van der Waals surface area contributed by atoms with Crippen molar-refractivity contribution in [2.24, 2.45) is 10.7 Å². The molecule has 1 aliphatic rings. The summed E-state index contributed by atoms with van der Waals surface area (Å²) in [7, 11) is 0. The fourth-order valence-corrected chi connectivity index (χ4v) is 2.37. The molecule has 1 aromatic heterocycles. The molecule has 0 bridgehead atoms. The van der Waals surface area contributed by atoms with Crippen LogP contribution < -0.4 is 5.73 Å². The smallest absolute Gasteiger partial charge is 0.425 e. The summed E-state index contributed by atoms with van der Waals surface area (Å²) in [6, 6.07) is 0.276. The van der Waals surface area contributed by atoms with Crippen LogP contribution in [-0.4, -0.2) is 30.0 Å². The summed E-state index contributed by atoms with van der Waals surface area (Å²) in [6.07, 6.45) is -6.98. The molecule has 0 radical (unpaired) electrons. The van der Waals surface area contributed by atoms with Gasteiger partial charge in [0, 0.05) is 22.7 Å². The summed E-state index contributed by atoms with van der Waals surface area (Å²) in [5.74, 6) is -1.12. The molecule has 2 rings (SSSR count). The van der Waals surface area contributed by atoms with Gasteiger partial charge in [-0.3, -0.25) is 0 Å². The normalized spacial score (nSPS) is 26.2. The van der Waals surface area contributed by atoms with Crippen molar-refractivity contribution in [2.45, 2.75) is 24.2 Å². The second kappa shape index (κ2) is 5.39. The number of aliphatic imine (C=N–C) groups is 1. The minimum Gasteiger partial charge on any atom is -0.452 e. The van der Waals surface area contributed by atoms with Crippen LogP contribution in [0.4, 0.5) is 22.0 Å². The highest BCUT2D eigenvalue weighted by Crippen LogP contribution is 2.41. The van der Waals surface area contributed by atoms with Gasteiger partial charge in [0.25, 0.3) is 6.02 Å². The molecule has 1 aliphatic heterocycles. The van der Waals surface area contributed by atoms with Crippen LogP contribution in [0.2, 0.25) is 0 Å². The fourth-order valence-electron chi connectivity index (χ4n) is 2.04. The minimum atomic E-state index is -4.78. The monoisotopic (exact) mass is 373 g/mol. The van der Waals surface area contributed by atoms with Crippen molar-refractivity contribution < 1.29 is 26.7 Å². The van der Waals surface area contributed by atoms with E-state index in [4.69, 9.17) is 5.73 Å². The average molecular weight is 374 g/mol. The van der Waals surface area contributed by atoms with Gasteiger partial charge in [-0.05, 0) is 22.0 Å². The number of nitrogens with zero attached hydrogens (tertiary/aromatic N) is 2. The number of amidine groups is 1. The molecule has 2 heterocycles. The lowest BCUT2D eigenvalue weighted by Gasteiger charge is -2.36. The van der Waals surface area contributed by atoms with E-state index >= 15 is 0 Å². The third kappa shape index (κ3) is 3.09. The zero-order valence-electron chi connectivity index (χ0n) is 10.3. The van der Waals surface area contributed by atoms with Crippen molar-refractivity contribution in [1.82, 2.24) is 4.98 Å². The van der Waals surface area contributed by atoms with E-state index in [0.29, 0.717) is 0 Å². The van der Waals surface area contributed by atoms with E-state index in [0.717, 1.165) is 12.3 Å². The van der Waals surface area contributed by atoms with Crippen LogP contribution in [0.25, 0.3) is 0 Å². The van der Waals surface area contributed by atoms with Gasteiger partial charge in [0.1, 0.15) is 12.2 Å². The first-order chi connectivity index (χ1) is 9.68. The number of ether oxygens (including phenoxy) is 1. The lowest BCUT2D eigenvalue weighted by molar-refractivity contribution is -0.209. The third-order valence-electron chi connectivity index (χ3n) is 3.00. The van der Waals surface area contributed by atoms with Gasteiger partial charge in [0.15, 0.2) is 6.10 Å². The molecule has 0 aromatic carbocycles. The summed E-state index contributed by atoms with van der Waals surface area (Å²) in [5, 5.41) is 0. The van der Waals surface area contributed by atoms with Crippen LogP contribution in [0.5, 0.6) is 0 Å². The fraction of sp³-hybridized carbons (Fsp3) is 0.455. The number of hydrogen-bond donors (Lipinski definition) is 1. The highest BCUT2D eigenvalue weighted by atomic mass is 79.9. The Morgan fingerprint density at radius 3 is 2.71 bits per heavy atom. The molecule has 116 valence electrons. The third-order valence-corrected chi connectivity index (χ3v) is 3.44. The van der Waals surface area contributed by atoms with Crippen LogP contribution in [0.15, 0.2) is 21.7 Å². The molecule has 0 spiro atoms. The van der Waals surface area contributed by atoms with Crippen molar-refractivity contribution >= 4 is 22.0 Å². The Labute approximate surface area is 124 Å². The van der Waals surface area contributed by atoms with Gasteiger partial charge >= 0.3 is 6.18 Å². The van der Waals surface area contributed by atoms with E-state index in [1.807, 2.05) is 0 Å². The molecule has 0 fully saturated rings.